The Morgan fingerprint density at radius 1 is 1.40 bits per heavy atom. The molecule has 1 rings (SSSR count). The van der Waals surface area contributed by atoms with Crippen LogP contribution in [0.4, 0.5) is 4.39 Å². The van der Waals surface area contributed by atoms with Crippen molar-refractivity contribution in [1.82, 2.24) is 0 Å². The van der Waals surface area contributed by atoms with Gasteiger partial charge in [0.15, 0.2) is 0 Å². The van der Waals surface area contributed by atoms with Crippen molar-refractivity contribution >= 4 is 23.2 Å². The zero-order chi connectivity index (χ0) is 11.3. The fourth-order valence-corrected chi connectivity index (χ4v) is 2.11. The highest BCUT2D eigenvalue weighted by atomic mass is 35.5. The Kier molecular flexibility index (Phi) is 5.41. The van der Waals surface area contributed by atoms with E-state index in [9.17, 15) is 4.39 Å². The molecule has 0 aliphatic rings. The molecule has 0 aromatic heterocycles. The first-order valence-electron chi connectivity index (χ1n) is 5.17. The predicted molar refractivity (Wildman–Crippen MR) is 64.2 cm³/mol. The summed E-state index contributed by atoms with van der Waals surface area (Å²) in [5.41, 5.74) is 1.06. The molecule has 15 heavy (non-hydrogen) atoms. The van der Waals surface area contributed by atoms with Crippen LogP contribution in [0.15, 0.2) is 18.2 Å². The van der Waals surface area contributed by atoms with Gasteiger partial charge in [-0.1, -0.05) is 31.0 Å². The molecule has 0 N–H and O–H groups in total. The molecule has 1 aromatic carbocycles. The molecule has 84 valence electrons. The van der Waals surface area contributed by atoms with Gasteiger partial charge in [0.25, 0.3) is 0 Å². The van der Waals surface area contributed by atoms with Gasteiger partial charge in [-0.3, -0.25) is 0 Å². The van der Waals surface area contributed by atoms with Crippen LogP contribution in [0.2, 0.25) is 5.02 Å². The Labute approximate surface area is 100 Å². The van der Waals surface area contributed by atoms with E-state index in [0.717, 1.165) is 24.8 Å². The second-order valence-electron chi connectivity index (χ2n) is 3.76. The van der Waals surface area contributed by atoms with Crippen LogP contribution >= 0.6 is 23.2 Å². The Morgan fingerprint density at radius 3 is 2.67 bits per heavy atom. The van der Waals surface area contributed by atoms with E-state index in [-0.39, 0.29) is 10.8 Å². The van der Waals surface area contributed by atoms with Crippen LogP contribution in [0, 0.1) is 11.7 Å². The summed E-state index contributed by atoms with van der Waals surface area (Å²) in [5.74, 6) is 0.736. The van der Waals surface area contributed by atoms with Gasteiger partial charge in [-0.15, -0.1) is 11.6 Å². The molecule has 1 unspecified atom stereocenters. The third-order valence-electron chi connectivity index (χ3n) is 2.42. The number of halogens is 3. The summed E-state index contributed by atoms with van der Waals surface area (Å²) in [7, 11) is 0. The highest BCUT2D eigenvalue weighted by molar-refractivity contribution is 6.30. The van der Waals surface area contributed by atoms with Gasteiger partial charge in [0, 0.05) is 5.88 Å². The SMILES string of the molecule is CCCC(CCl)Cc1ccc(F)c(Cl)c1. The van der Waals surface area contributed by atoms with Crippen LogP contribution in [-0.2, 0) is 6.42 Å². The Morgan fingerprint density at radius 2 is 2.13 bits per heavy atom. The van der Waals surface area contributed by atoms with Gasteiger partial charge in [-0.05, 0) is 36.5 Å². The van der Waals surface area contributed by atoms with Crippen molar-refractivity contribution in [3.05, 3.63) is 34.6 Å². The van der Waals surface area contributed by atoms with Gasteiger partial charge in [0.1, 0.15) is 5.82 Å². The van der Waals surface area contributed by atoms with Crippen molar-refractivity contribution < 1.29 is 4.39 Å². The van der Waals surface area contributed by atoms with Gasteiger partial charge < -0.3 is 0 Å². The van der Waals surface area contributed by atoms with Crippen molar-refractivity contribution in [3.63, 3.8) is 0 Å². The van der Waals surface area contributed by atoms with E-state index in [2.05, 4.69) is 6.92 Å². The molecular formula is C12H15Cl2F. The van der Waals surface area contributed by atoms with Crippen molar-refractivity contribution in [2.24, 2.45) is 5.92 Å². The highest BCUT2D eigenvalue weighted by Gasteiger charge is 2.09. The molecule has 0 radical (unpaired) electrons. The minimum Gasteiger partial charge on any atom is -0.205 e. The molecule has 0 saturated carbocycles. The van der Waals surface area contributed by atoms with Gasteiger partial charge in [-0.25, -0.2) is 4.39 Å². The first kappa shape index (κ1) is 12.8. The third-order valence-corrected chi connectivity index (χ3v) is 3.15. The Hall–Kier alpha value is -0.270. The quantitative estimate of drug-likeness (QED) is 0.665. The molecule has 0 spiro atoms. The van der Waals surface area contributed by atoms with Crippen molar-refractivity contribution in [2.75, 3.05) is 5.88 Å². The summed E-state index contributed by atoms with van der Waals surface area (Å²) in [6.45, 7) is 2.14. The summed E-state index contributed by atoms with van der Waals surface area (Å²) >= 11 is 11.6. The number of hydrogen-bond acceptors (Lipinski definition) is 0. The third kappa shape index (κ3) is 4.00. The number of rotatable bonds is 5. The maximum Gasteiger partial charge on any atom is 0.141 e. The minimum atomic E-state index is -0.363. The molecule has 3 heteroatoms. The van der Waals surface area contributed by atoms with E-state index in [0.29, 0.717) is 11.8 Å². The summed E-state index contributed by atoms with van der Waals surface area (Å²) in [5, 5.41) is 0.192. The van der Waals surface area contributed by atoms with Crippen molar-refractivity contribution in [1.29, 1.82) is 0 Å². The smallest absolute Gasteiger partial charge is 0.141 e. The summed E-state index contributed by atoms with van der Waals surface area (Å²) in [6.07, 6.45) is 3.09. The van der Waals surface area contributed by atoms with Crippen LogP contribution in [0.1, 0.15) is 25.3 Å². The van der Waals surface area contributed by atoms with E-state index >= 15 is 0 Å². The Bertz CT molecular complexity index is 312. The average molecular weight is 249 g/mol. The molecule has 0 aliphatic heterocycles. The fourth-order valence-electron chi connectivity index (χ4n) is 1.64. The largest absolute Gasteiger partial charge is 0.205 e. The zero-order valence-electron chi connectivity index (χ0n) is 8.77. The maximum absolute atomic E-state index is 12.9. The van der Waals surface area contributed by atoms with E-state index in [1.54, 1.807) is 12.1 Å². The zero-order valence-corrected chi connectivity index (χ0v) is 10.3. The lowest BCUT2D eigenvalue weighted by atomic mass is 9.97. The lowest BCUT2D eigenvalue weighted by molar-refractivity contribution is 0.527. The molecule has 1 aromatic rings. The van der Waals surface area contributed by atoms with E-state index in [4.69, 9.17) is 23.2 Å². The highest BCUT2D eigenvalue weighted by Crippen LogP contribution is 2.20. The number of hydrogen-bond donors (Lipinski definition) is 0. The predicted octanol–water partition coefficient (Wildman–Crippen LogP) is 4.68. The Balaban J connectivity index is 2.66. The minimum absolute atomic E-state index is 0.192. The lowest BCUT2D eigenvalue weighted by Gasteiger charge is -2.12. The van der Waals surface area contributed by atoms with Crippen molar-refractivity contribution in [2.45, 2.75) is 26.2 Å². The molecule has 0 aliphatic carbocycles. The van der Waals surface area contributed by atoms with Gasteiger partial charge in [0.05, 0.1) is 5.02 Å². The number of benzene rings is 1. The molecular weight excluding hydrogens is 234 g/mol. The van der Waals surface area contributed by atoms with Gasteiger partial charge >= 0.3 is 0 Å². The summed E-state index contributed by atoms with van der Waals surface area (Å²) in [6, 6.07) is 4.87. The first-order chi connectivity index (χ1) is 7.17. The first-order valence-corrected chi connectivity index (χ1v) is 6.08. The van der Waals surface area contributed by atoms with E-state index < -0.39 is 0 Å². The molecule has 1 atom stereocenters. The van der Waals surface area contributed by atoms with Crippen LogP contribution in [0.5, 0.6) is 0 Å². The van der Waals surface area contributed by atoms with E-state index in [1.165, 1.54) is 6.07 Å². The van der Waals surface area contributed by atoms with E-state index in [1.807, 2.05) is 0 Å². The molecule has 0 amide bonds. The van der Waals surface area contributed by atoms with Crippen LogP contribution < -0.4 is 0 Å². The molecule has 0 saturated heterocycles. The maximum atomic E-state index is 12.9. The topological polar surface area (TPSA) is 0 Å². The number of alkyl halides is 1. The second kappa shape index (κ2) is 6.34. The summed E-state index contributed by atoms with van der Waals surface area (Å²) in [4.78, 5) is 0. The normalized spacial score (nSPS) is 12.8. The fraction of sp³-hybridized carbons (Fsp3) is 0.500. The van der Waals surface area contributed by atoms with Crippen molar-refractivity contribution in [3.8, 4) is 0 Å². The standard InChI is InChI=1S/C12H15Cl2F/c1-2-3-10(8-13)6-9-4-5-12(15)11(14)7-9/h4-5,7,10H,2-3,6,8H2,1H3. The van der Waals surface area contributed by atoms with Gasteiger partial charge in [0.2, 0.25) is 0 Å². The second-order valence-corrected chi connectivity index (χ2v) is 4.48. The lowest BCUT2D eigenvalue weighted by Crippen LogP contribution is -2.06. The van der Waals surface area contributed by atoms with Crippen LogP contribution in [-0.4, -0.2) is 5.88 Å². The molecule has 0 nitrogen and oxygen atoms in total. The van der Waals surface area contributed by atoms with Crippen LogP contribution in [0.3, 0.4) is 0 Å². The molecule has 0 heterocycles. The monoisotopic (exact) mass is 248 g/mol. The molecule has 0 bridgehead atoms. The average Bonchev–Trinajstić information content (AvgIpc) is 2.23. The molecule has 0 fully saturated rings. The summed E-state index contributed by atoms with van der Waals surface area (Å²) < 4.78 is 12.9. The van der Waals surface area contributed by atoms with Gasteiger partial charge in [-0.2, -0.15) is 0 Å². The van der Waals surface area contributed by atoms with Crippen LogP contribution in [0.25, 0.3) is 0 Å².